The van der Waals surface area contributed by atoms with Gasteiger partial charge in [0.25, 0.3) is 0 Å². The van der Waals surface area contributed by atoms with E-state index >= 15 is 0 Å². The Balaban J connectivity index is 2.30. The fourth-order valence-electron chi connectivity index (χ4n) is 2.70. The third-order valence-corrected chi connectivity index (χ3v) is 3.89. The summed E-state index contributed by atoms with van der Waals surface area (Å²) >= 11 is 0. The lowest BCUT2D eigenvalue weighted by Crippen LogP contribution is -2.44. The lowest BCUT2D eigenvalue weighted by atomic mass is 10.0. The molecule has 0 bridgehead atoms. The highest BCUT2D eigenvalue weighted by atomic mass is 19.4. The number of urea groups is 1. The van der Waals surface area contributed by atoms with Crippen LogP contribution in [0.5, 0.6) is 5.75 Å². The Morgan fingerprint density at radius 2 is 1.68 bits per heavy atom. The van der Waals surface area contributed by atoms with E-state index in [0.29, 0.717) is 5.56 Å². The van der Waals surface area contributed by atoms with Gasteiger partial charge in [0.05, 0.1) is 0 Å². The van der Waals surface area contributed by atoms with Crippen molar-refractivity contribution in [3.8, 4) is 5.75 Å². The second kappa shape index (κ2) is 9.23. The number of likely N-dealkylation sites (N-methyl/N-ethyl adjacent to an activating group) is 1. The van der Waals surface area contributed by atoms with Gasteiger partial charge in [0.15, 0.2) is 0 Å². The smallest absolute Gasteiger partial charge is 0.405 e. The molecule has 0 aliphatic rings. The summed E-state index contributed by atoms with van der Waals surface area (Å²) in [5.74, 6) is -0.956. The average molecular weight is 395 g/mol. The summed E-state index contributed by atoms with van der Waals surface area (Å²) in [4.78, 5) is 25.7. The standard InChI is InChI=1S/C19H20F3N3O3/c1-23-18(27)24-17(26)16(13-8-4-3-5-9-13)25(2)12-14-10-6-7-11-15(14)28-19(20,21)22/h3-11,16H,12H2,1-2H3,(H2,23,24,26,27). The second-order valence-electron chi connectivity index (χ2n) is 5.95. The van der Waals surface area contributed by atoms with E-state index < -0.39 is 24.3 Å². The molecule has 150 valence electrons. The lowest BCUT2D eigenvalue weighted by Gasteiger charge is -2.28. The number of para-hydroxylation sites is 1. The Kier molecular flexibility index (Phi) is 7.00. The van der Waals surface area contributed by atoms with Crippen molar-refractivity contribution >= 4 is 11.9 Å². The zero-order valence-electron chi connectivity index (χ0n) is 15.3. The molecule has 0 aliphatic heterocycles. The summed E-state index contributed by atoms with van der Waals surface area (Å²) in [6.07, 6.45) is -4.83. The Morgan fingerprint density at radius 3 is 2.29 bits per heavy atom. The Morgan fingerprint density at radius 1 is 1.07 bits per heavy atom. The van der Waals surface area contributed by atoms with Gasteiger partial charge in [-0.25, -0.2) is 4.79 Å². The zero-order valence-corrected chi connectivity index (χ0v) is 15.3. The van der Waals surface area contributed by atoms with Crippen LogP contribution < -0.4 is 15.4 Å². The van der Waals surface area contributed by atoms with Crippen LogP contribution in [0.4, 0.5) is 18.0 Å². The number of carbonyl (C=O) groups excluding carboxylic acids is 2. The molecular weight excluding hydrogens is 375 g/mol. The number of nitrogens with one attached hydrogen (secondary N) is 2. The Labute approximate surface area is 160 Å². The van der Waals surface area contributed by atoms with Gasteiger partial charge in [-0.2, -0.15) is 0 Å². The van der Waals surface area contributed by atoms with E-state index in [0.717, 1.165) is 0 Å². The fourth-order valence-corrected chi connectivity index (χ4v) is 2.70. The van der Waals surface area contributed by atoms with Crippen molar-refractivity contribution in [2.24, 2.45) is 0 Å². The summed E-state index contributed by atoms with van der Waals surface area (Å²) in [6.45, 7) is -0.0209. The van der Waals surface area contributed by atoms with Gasteiger partial charge in [-0.05, 0) is 18.7 Å². The maximum Gasteiger partial charge on any atom is 0.573 e. The van der Waals surface area contributed by atoms with Gasteiger partial charge in [0.2, 0.25) is 5.91 Å². The maximum absolute atomic E-state index is 12.6. The molecule has 6 nitrogen and oxygen atoms in total. The van der Waals surface area contributed by atoms with Crippen molar-refractivity contribution in [2.45, 2.75) is 18.9 Å². The van der Waals surface area contributed by atoms with Gasteiger partial charge in [0.1, 0.15) is 11.8 Å². The molecule has 3 amide bonds. The quantitative estimate of drug-likeness (QED) is 0.788. The molecule has 28 heavy (non-hydrogen) atoms. The molecule has 0 saturated carbocycles. The van der Waals surface area contributed by atoms with E-state index in [1.165, 1.54) is 30.1 Å². The predicted octanol–water partition coefficient (Wildman–Crippen LogP) is 3.21. The molecule has 2 N–H and O–H groups in total. The normalized spacial score (nSPS) is 12.4. The van der Waals surface area contributed by atoms with Crippen LogP contribution in [0, 0.1) is 0 Å². The second-order valence-corrected chi connectivity index (χ2v) is 5.95. The first kappa shape index (κ1) is 21.2. The number of imide groups is 1. The number of amides is 3. The van der Waals surface area contributed by atoms with E-state index in [2.05, 4.69) is 15.4 Å². The molecule has 1 unspecified atom stereocenters. The number of ether oxygens (including phenoxy) is 1. The van der Waals surface area contributed by atoms with E-state index in [-0.39, 0.29) is 17.9 Å². The summed E-state index contributed by atoms with van der Waals surface area (Å²) in [5, 5.41) is 4.50. The number of nitrogens with zero attached hydrogens (tertiary/aromatic N) is 1. The SMILES string of the molecule is CNC(=O)NC(=O)C(c1ccccc1)N(C)Cc1ccccc1OC(F)(F)F. The van der Waals surface area contributed by atoms with E-state index in [1.807, 2.05) is 0 Å². The first-order chi connectivity index (χ1) is 13.2. The maximum atomic E-state index is 12.6. The van der Waals surface area contributed by atoms with Crippen LogP contribution in [-0.4, -0.2) is 37.3 Å². The number of hydrogen-bond donors (Lipinski definition) is 2. The van der Waals surface area contributed by atoms with Crippen LogP contribution in [0.2, 0.25) is 0 Å². The highest BCUT2D eigenvalue weighted by molar-refractivity contribution is 5.97. The minimum absolute atomic E-state index is 0.0209. The Bertz CT molecular complexity index is 813. The number of halogens is 3. The Hall–Kier alpha value is -3.07. The van der Waals surface area contributed by atoms with Crippen molar-refractivity contribution in [3.05, 3.63) is 65.7 Å². The number of rotatable bonds is 6. The van der Waals surface area contributed by atoms with Gasteiger partial charge >= 0.3 is 12.4 Å². The summed E-state index contributed by atoms with van der Waals surface area (Å²) in [7, 11) is 2.94. The molecule has 0 spiro atoms. The monoisotopic (exact) mass is 395 g/mol. The van der Waals surface area contributed by atoms with Crippen LogP contribution in [0.25, 0.3) is 0 Å². The van der Waals surface area contributed by atoms with Gasteiger partial charge < -0.3 is 10.1 Å². The van der Waals surface area contributed by atoms with Crippen molar-refractivity contribution in [1.82, 2.24) is 15.5 Å². The first-order valence-electron chi connectivity index (χ1n) is 8.32. The van der Waals surface area contributed by atoms with E-state index in [9.17, 15) is 22.8 Å². The van der Waals surface area contributed by atoms with E-state index in [4.69, 9.17) is 0 Å². The summed E-state index contributed by atoms with van der Waals surface area (Å²) in [6, 6.07) is 12.7. The van der Waals surface area contributed by atoms with Crippen LogP contribution in [-0.2, 0) is 11.3 Å². The average Bonchev–Trinajstić information content (AvgIpc) is 2.63. The van der Waals surface area contributed by atoms with E-state index in [1.54, 1.807) is 43.4 Å². The van der Waals surface area contributed by atoms with Gasteiger partial charge in [-0.3, -0.25) is 15.0 Å². The topological polar surface area (TPSA) is 70.7 Å². The van der Waals surface area contributed by atoms with Gasteiger partial charge in [-0.15, -0.1) is 13.2 Å². The molecule has 9 heteroatoms. The number of alkyl halides is 3. The van der Waals surface area contributed by atoms with Crippen molar-refractivity contribution < 1.29 is 27.5 Å². The molecule has 0 radical (unpaired) electrons. The van der Waals surface area contributed by atoms with Crippen LogP contribution in [0.1, 0.15) is 17.2 Å². The molecule has 2 rings (SSSR count). The molecule has 0 aliphatic carbocycles. The molecule has 0 heterocycles. The number of carbonyl (C=O) groups is 2. The largest absolute Gasteiger partial charge is 0.573 e. The van der Waals surface area contributed by atoms with Gasteiger partial charge in [0, 0.05) is 19.2 Å². The summed E-state index contributed by atoms with van der Waals surface area (Å²) < 4.78 is 42.0. The lowest BCUT2D eigenvalue weighted by molar-refractivity contribution is -0.275. The molecule has 2 aromatic carbocycles. The van der Waals surface area contributed by atoms with Crippen molar-refractivity contribution in [3.63, 3.8) is 0 Å². The molecule has 1 atom stereocenters. The molecule has 0 saturated heterocycles. The molecule has 0 aromatic heterocycles. The highest BCUT2D eigenvalue weighted by Crippen LogP contribution is 2.29. The minimum atomic E-state index is -4.83. The van der Waals surface area contributed by atoms with Crippen LogP contribution in [0.3, 0.4) is 0 Å². The number of hydrogen-bond acceptors (Lipinski definition) is 4. The zero-order chi connectivity index (χ0) is 20.7. The van der Waals surface area contributed by atoms with Crippen LogP contribution >= 0.6 is 0 Å². The van der Waals surface area contributed by atoms with Gasteiger partial charge in [-0.1, -0.05) is 48.5 Å². The van der Waals surface area contributed by atoms with Crippen LogP contribution in [0.15, 0.2) is 54.6 Å². The first-order valence-corrected chi connectivity index (χ1v) is 8.32. The minimum Gasteiger partial charge on any atom is -0.405 e. The molecule has 2 aromatic rings. The third kappa shape index (κ3) is 5.98. The fraction of sp³-hybridized carbons (Fsp3) is 0.263. The highest BCUT2D eigenvalue weighted by Gasteiger charge is 2.33. The van der Waals surface area contributed by atoms with Crippen molar-refractivity contribution in [2.75, 3.05) is 14.1 Å². The van der Waals surface area contributed by atoms with Crippen molar-refractivity contribution in [1.29, 1.82) is 0 Å². The summed E-state index contributed by atoms with van der Waals surface area (Å²) in [5.41, 5.74) is 0.830. The molecular formula is C19H20F3N3O3. The third-order valence-electron chi connectivity index (χ3n) is 3.89. The number of benzene rings is 2. The predicted molar refractivity (Wildman–Crippen MR) is 96.4 cm³/mol. The molecule has 0 fully saturated rings.